The molecule has 1 atom stereocenters. The van der Waals surface area contributed by atoms with Crippen LogP contribution in [0.4, 0.5) is 16.2 Å². The Balaban J connectivity index is 1.34. The van der Waals surface area contributed by atoms with Crippen LogP contribution in [0.1, 0.15) is 43.1 Å². The zero-order valence-electron chi connectivity index (χ0n) is 23.7. The van der Waals surface area contributed by atoms with E-state index in [9.17, 15) is 14.4 Å². The van der Waals surface area contributed by atoms with Crippen molar-refractivity contribution < 1.29 is 23.9 Å². The summed E-state index contributed by atoms with van der Waals surface area (Å²) in [6.07, 6.45) is 3.08. The normalized spacial score (nSPS) is 18.3. The molecular weight excluding hydrogens is 558 g/mol. The average molecular weight is 588 g/mol. The molecule has 2 aliphatic rings. The van der Waals surface area contributed by atoms with Crippen molar-refractivity contribution in [3.05, 3.63) is 77.1 Å². The first-order valence-corrected chi connectivity index (χ1v) is 13.9. The SMILES string of the molecule is CN1C(=O)C2(CCN(C(=O)OC(C)(C)C)C2)Nc2c1cnc1[nH]cc(C(=O)c3ccc(Oc4ccccc4)cc3Cl)c21. The largest absolute Gasteiger partial charge is 0.457 e. The lowest BCUT2D eigenvalue weighted by atomic mass is 9.91. The highest BCUT2D eigenvalue weighted by molar-refractivity contribution is 6.36. The van der Waals surface area contributed by atoms with Crippen LogP contribution in [0.5, 0.6) is 11.5 Å². The molecule has 0 aliphatic carbocycles. The number of carbonyl (C=O) groups is 3. The number of aromatic amines is 1. The van der Waals surface area contributed by atoms with Gasteiger partial charge in [0.25, 0.3) is 5.91 Å². The van der Waals surface area contributed by atoms with E-state index in [4.69, 9.17) is 21.1 Å². The van der Waals surface area contributed by atoms with E-state index in [-0.39, 0.29) is 23.3 Å². The molecule has 1 spiro atoms. The van der Waals surface area contributed by atoms with Crippen molar-refractivity contribution in [3.8, 4) is 11.5 Å². The van der Waals surface area contributed by atoms with Crippen LogP contribution in [0.15, 0.2) is 60.9 Å². The lowest BCUT2D eigenvalue weighted by Crippen LogP contribution is -2.58. The van der Waals surface area contributed by atoms with Crippen molar-refractivity contribution in [3.63, 3.8) is 0 Å². The maximum absolute atomic E-state index is 13.9. The Hall–Kier alpha value is -4.57. The molecule has 2 aromatic heterocycles. The number of hydrogen-bond acceptors (Lipinski definition) is 7. The van der Waals surface area contributed by atoms with Gasteiger partial charge < -0.3 is 29.6 Å². The number of hydrogen-bond donors (Lipinski definition) is 2. The predicted molar refractivity (Wildman–Crippen MR) is 160 cm³/mol. The third-order valence-electron chi connectivity index (χ3n) is 7.45. The number of carbonyl (C=O) groups excluding carboxylic acids is 3. The molecule has 0 saturated carbocycles. The summed E-state index contributed by atoms with van der Waals surface area (Å²) >= 11 is 6.59. The van der Waals surface area contributed by atoms with Crippen molar-refractivity contribution in [2.24, 2.45) is 0 Å². The molecule has 11 heteroatoms. The molecule has 0 bridgehead atoms. The van der Waals surface area contributed by atoms with Gasteiger partial charge in [-0.15, -0.1) is 0 Å². The number of ether oxygens (including phenoxy) is 2. The number of H-pyrrole nitrogens is 1. The highest BCUT2D eigenvalue weighted by Crippen LogP contribution is 2.44. The minimum Gasteiger partial charge on any atom is -0.457 e. The van der Waals surface area contributed by atoms with Crippen molar-refractivity contribution in [2.75, 3.05) is 30.4 Å². The molecule has 4 aromatic rings. The summed E-state index contributed by atoms with van der Waals surface area (Å²) < 4.78 is 11.4. The van der Waals surface area contributed by atoms with Gasteiger partial charge in [-0.2, -0.15) is 0 Å². The molecule has 2 aromatic carbocycles. The summed E-state index contributed by atoms with van der Waals surface area (Å²) in [5.41, 5.74) is 0.482. The summed E-state index contributed by atoms with van der Waals surface area (Å²) in [5, 5.41) is 4.19. The van der Waals surface area contributed by atoms with Crippen LogP contribution in [0.2, 0.25) is 5.02 Å². The highest BCUT2D eigenvalue weighted by atomic mass is 35.5. The second-order valence-electron chi connectivity index (χ2n) is 11.6. The fourth-order valence-electron chi connectivity index (χ4n) is 5.45. The van der Waals surface area contributed by atoms with Gasteiger partial charge in [-0.05, 0) is 51.5 Å². The lowest BCUT2D eigenvalue weighted by molar-refractivity contribution is -0.122. The minimum atomic E-state index is -1.08. The van der Waals surface area contributed by atoms with Gasteiger partial charge in [0.15, 0.2) is 5.78 Å². The predicted octanol–water partition coefficient (Wildman–Crippen LogP) is 6.01. The molecular formula is C31H30ClN5O5. The number of anilines is 2. The Morgan fingerprint density at radius 1 is 1.07 bits per heavy atom. The summed E-state index contributed by atoms with van der Waals surface area (Å²) in [4.78, 5) is 51.0. The molecule has 6 rings (SSSR count). The number of para-hydroxylation sites is 1. The number of halogens is 1. The molecule has 216 valence electrons. The van der Waals surface area contributed by atoms with Crippen molar-refractivity contribution >= 4 is 51.8 Å². The molecule has 2 aliphatic heterocycles. The second-order valence-corrected chi connectivity index (χ2v) is 12.0. The molecule has 2 N–H and O–H groups in total. The zero-order valence-corrected chi connectivity index (χ0v) is 24.4. The van der Waals surface area contributed by atoms with E-state index in [1.807, 2.05) is 30.3 Å². The van der Waals surface area contributed by atoms with E-state index in [0.29, 0.717) is 58.0 Å². The first-order chi connectivity index (χ1) is 20.0. The molecule has 1 saturated heterocycles. The van der Waals surface area contributed by atoms with Crippen molar-refractivity contribution in [1.29, 1.82) is 0 Å². The van der Waals surface area contributed by atoms with E-state index in [2.05, 4.69) is 15.3 Å². The maximum Gasteiger partial charge on any atom is 0.410 e. The number of nitrogens with one attached hydrogen (secondary N) is 2. The van der Waals surface area contributed by atoms with Gasteiger partial charge in [0, 0.05) is 31.4 Å². The van der Waals surface area contributed by atoms with Crippen molar-refractivity contribution in [1.82, 2.24) is 14.9 Å². The van der Waals surface area contributed by atoms with Crippen LogP contribution < -0.4 is 15.0 Å². The highest BCUT2D eigenvalue weighted by Gasteiger charge is 2.52. The summed E-state index contributed by atoms with van der Waals surface area (Å²) in [6.45, 7) is 5.87. The fourth-order valence-corrected chi connectivity index (χ4v) is 5.71. The topological polar surface area (TPSA) is 117 Å². The smallest absolute Gasteiger partial charge is 0.410 e. The number of amides is 2. The Labute approximate surface area is 247 Å². The Morgan fingerprint density at radius 2 is 1.83 bits per heavy atom. The molecule has 2 amide bonds. The second kappa shape index (κ2) is 10.1. The molecule has 1 fully saturated rings. The van der Waals surface area contributed by atoms with Crippen LogP contribution >= 0.6 is 11.6 Å². The number of fused-ring (bicyclic) bond motifs is 3. The van der Waals surface area contributed by atoms with Crippen molar-refractivity contribution in [2.45, 2.75) is 38.3 Å². The van der Waals surface area contributed by atoms with Gasteiger partial charge in [-0.3, -0.25) is 9.59 Å². The van der Waals surface area contributed by atoms with E-state index in [1.165, 1.54) is 9.80 Å². The fraction of sp³-hybridized carbons (Fsp3) is 0.290. The molecule has 10 nitrogen and oxygen atoms in total. The first-order valence-electron chi connectivity index (χ1n) is 13.6. The van der Waals surface area contributed by atoms with Crippen LogP contribution in [-0.2, 0) is 9.53 Å². The van der Waals surface area contributed by atoms with E-state index in [0.717, 1.165) is 0 Å². The first kappa shape index (κ1) is 27.6. The Bertz CT molecular complexity index is 1730. The molecule has 42 heavy (non-hydrogen) atoms. The Morgan fingerprint density at radius 3 is 2.55 bits per heavy atom. The zero-order chi connectivity index (χ0) is 29.8. The molecule has 4 heterocycles. The van der Waals surface area contributed by atoms with Gasteiger partial charge in [-0.25, -0.2) is 9.78 Å². The van der Waals surface area contributed by atoms with Crippen LogP contribution in [0.3, 0.4) is 0 Å². The minimum absolute atomic E-state index is 0.122. The maximum atomic E-state index is 13.9. The summed E-state index contributed by atoms with van der Waals surface area (Å²) in [5.74, 6) is 0.644. The molecule has 0 radical (unpaired) electrons. The summed E-state index contributed by atoms with van der Waals surface area (Å²) in [7, 11) is 1.67. The number of benzene rings is 2. The van der Waals surface area contributed by atoms with Gasteiger partial charge in [0.1, 0.15) is 28.3 Å². The molecule has 1 unspecified atom stereocenters. The Kier molecular flexibility index (Phi) is 6.61. The van der Waals surface area contributed by atoms with E-state index < -0.39 is 17.2 Å². The third-order valence-corrected chi connectivity index (χ3v) is 7.76. The van der Waals surface area contributed by atoms with Gasteiger partial charge in [0.2, 0.25) is 0 Å². The van der Waals surface area contributed by atoms with Gasteiger partial charge >= 0.3 is 6.09 Å². The number of ketones is 1. The number of pyridine rings is 1. The van der Waals surface area contributed by atoms with E-state index in [1.54, 1.807) is 58.4 Å². The summed E-state index contributed by atoms with van der Waals surface area (Å²) in [6, 6.07) is 14.2. The average Bonchev–Trinajstić information content (AvgIpc) is 3.57. The van der Waals surface area contributed by atoms with Crippen LogP contribution in [-0.4, -0.2) is 63.9 Å². The number of likely N-dealkylation sites (tertiary alicyclic amines) is 1. The van der Waals surface area contributed by atoms with Gasteiger partial charge in [-0.1, -0.05) is 29.8 Å². The number of likely N-dealkylation sites (N-methyl/N-ethyl adjacent to an activating group) is 1. The quantitative estimate of drug-likeness (QED) is 0.281. The van der Waals surface area contributed by atoms with E-state index >= 15 is 0 Å². The van der Waals surface area contributed by atoms with Gasteiger partial charge in [0.05, 0.1) is 40.1 Å². The standard InChI is InChI=1S/C31H30ClN5O5/c1-30(2,3)42-29(40)37-13-12-31(17-37)28(39)36(4)23-16-34-27-24(25(23)35-31)21(15-33-27)26(38)20-11-10-19(14-22(20)32)41-18-8-6-5-7-9-18/h5-11,14-16,35H,12-13,17H2,1-4H3,(H,33,34). The number of aromatic nitrogens is 2. The van der Waals surface area contributed by atoms with Crippen LogP contribution in [0, 0.1) is 0 Å². The monoisotopic (exact) mass is 587 g/mol. The lowest BCUT2D eigenvalue weighted by Gasteiger charge is -2.40. The number of nitrogens with zero attached hydrogens (tertiary/aromatic N) is 3. The third kappa shape index (κ3) is 4.81. The van der Waals surface area contributed by atoms with Crippen LogP contribution in [0.25, 0.3) is 11.0 Å². The number of rotatable bonds is 4.